The second-order valence-electron chi connectivity index (χ2n) is 2.23. The van der Waals surface area contributed by atoms with Crippen LogP contribution in [0.15, 0.2) is 16.3 Å². The van der Waals surface area contributed by atoms with Crippen molar-refractivity contribution >= 4 is 27.5 Å². The van der Waals surface area contributed by atoms with Crippen LogP contribution in [0.2, 0.25) is 0 Å². The quantitative estimate of drug-likeness (QED) is 0.768. The molecule has 0 amide bonds. The molecule has 2 heterocycles. The Kier molecular flexibility index (Phi) is 1.93. The zero-order valence-corrected chi connectivity index (χ0v) is 8.63. The molecule has 0 saturated heterocycles. The lowest BCUT2D eigenvalue weighted by atomic mass is 10.6. The number of nitrogens with zero attached hydrogens (tertiary/aromatic N) is 4. The fraction of sp³-hybridized carbons (Fsp3) is 0.167. The van der Waals surface area contributed by atoms with Gasteiger partial charge in [-0.05, 0) is 27.5 Å². The maximum absolute atomic E-state index is 4.15. The van der Waals surface area contributed by atoms with Crippen LogP contribution in [0.1, 0.15) is 0 Å². The molecule has 0 aliphatic heterocycles. The summed E-state index contributed by atoms with van der Waals surface area (Å²) in [4.78, 5) is 8.28. The molecule has 0 saturated carbocycles. The third kappa shape index (κ3) is 1.27. The van der Waals surface area contributed by atoms with E-state index in [0.29, 0.717) is 5.82 Å². The number of aryl methyl sites for hydroxylation is 1. The van der Waals surface area contributed by atoms with Gasteiger partial charge in [-0.25, -0.2) is 9.97 Å². The van der Waals surface area contributed by atoms with Crippen molar-refractivity contribution in [3.8, 4) is 11.6 Å². The van der Waals surface area contributed by atoms with E-state index < -0.39 is 0 Å². The first-order valence-corrected chi connectivity index (χ1v) is 4.81. The third-order valence-corrected chi connectivity index (χ3v) is 2.54. The Bertz CT molecular complexity index is 394. The van der Waals surface area contributed by atoms with Crippen LogP contribution in [0.4, 0.5) is 0 Å². The second kappa shape index (κ2) is 2.95. The van der Waals surface area contributed by atoms with Crippen molar-refractivity contribution in [2.24, 2.45) is 7.05 Å². The molecular weight excluding hydrogens is 240 g/mol. The van der Waals surface area contributed by atoms with E-state index in [1.807, 2.05) is 17.8 Å². The summed E-state index contributed by atoms with van der Waals surface area (Å²) in [6, 6.07) is 0. The van der Waals surface area contributed by atoms with Gasteiger partial charge in [0.2, 0.25) is 5.82 Å². The van der Waals surface area contributed by atoms with Crippen molar-refractivity contribution in [1.29, 1.82) is 0 Å². The maximum Gasteiger partial charge on any atom is 0.209 e. The number of imidazole rings is 1. The molecule has 6 heteroatoms. The van der Waals surface area contributed by atoms with Gasteiger partial charge in [0.25, 0.3) is 0 Å². The molecule has 2 aromatic rings. The normalized spacial score (nSPS) is 10.5. The van der Waals surface area contributed by atoms with E-state index in [1.165, 1.54) is 11.5 Å². The van der Waals surface area contributed by atoms with Gasteiger partial charge in [0, 0.05) is 19.4 Å². The molecule has 0 atom stereocenters. The van der Waals surface area contributed by atoms with E-state index in [4.69, 9.17) is 0 Å². The van der Waals surface area contributed by atoms with Gasteiger partial charge in [-0.15, -0.1) is 0 Å². The first kappa shape index (κ1) is 7.88. The maximum atomic E-state index is 4.15. The van der Waals surface area contributed by atoms with Gasteiger partial charge >= 0.3 is 0 Å². The summed E-state index contributed by atoms with van der Waals surface area (Å²) >= 11 is 4.56. The van der Waals surface area contributed by atoms with Crippen LogP contribution in [0.25, 0.3) is 11.6 Å². The number of halogens is 1. The summed E-state index contributed by atoms with van der Waals surface area (Å²) < 4.78 is 6.78. The molecule has 0 spiro atoms. The smallest absolute Gasteiger partial charge is 0.209 e. The monoisotopic (exact) mass is 244 g/mol. The van der Waals surface area contributed by atoms with Crippen molar-refractivity contribution in [2.45, 2.75) is 0 Å². The predicted molar refractivity (Wildman–Crippen MR) is 49.8 cm³/mol. The fourth-order valence-electron chi connectivity index (χ4n) is 0.877. The molecule has 0 fully saturated rings. The molecule has 0 aromatic carbocycles. The largest absolute Gasteiger partial charge is 0.331 e. The molecule has 12 heavy (non-hydrogen) atoms. The highest BCUT2D eigenvalue weighted by atomic mass is 79.9. The summed E-state index contributed by atoms with van der Waals surface area (Å²) in [5.74, 6) is 1.45. The van der Waals surface area contributed by atoms with E-state index in [-0.39, 0.29) is 0 Å². The van der Waals surface area contributed by atoms with E-state index in [1.54, 1.807) is 6.20 Å². The van der Waals surface area contributed by atoms with E-state index in [9.17, 15) is 0 Å². The van der Waals surface area contributed by atoms with E-state index in [0.717, 1.165) is 9.74 Å². The van der Waals surface area contributed by atoms with Gasteiger partial charge in [-0.2, -0.15) is 4.37 Å². The van der Waals surface area contributed by atoms with Crippen LogP contribution < -0.4 is 0 Å². The van der Waals surface area contributed by atoms with Crippen LogP contribution in [-0.2, 0) is 7.05 Å². The molecule has 0 aliphatic carbocycles. The van der Waals surface area contributed by atoms with Crippen LogP contribution in [-0.4, -0.2) is 18.9 Å². The Balaban J connectivity index is 2.50. The average molecular weight is 245 g/mol. The van der Waals surface area contributed by atoms with Gasteiger partial charge < -0.3 is 4.57 Å². The summed E-state index contributed by atoms with van der Waals surface area (Å²) in [6.45, 7) is 0. The molecule has 2 rings (SSSR count). The minimum absolute atomic E-state index is 0.666. The van der Waals surface area contributed by atoms with Gasteiger partial charge in [0.15, 0.2) is 9.74 Å². The lowest BCUT2D eigenvalue weighted by Crippen LogP contribution is -1.92. The summed E-state index contributed by atoms with van der Waals surface area (Å²) in [7, 11) is 1.91. The molecule has 4 nitrogen and oxygen atoms in total. The topological polar surface area (TPSA) is 43.6 Å². The lowest BCUT2D eigenvalue weighted by Gasteiger charge is -1.93. The average Bonchev–Trinajstić information content (AvgIpc) is 2.58. The molecule has 0 bridgehead atoms. The van der Waals surface area contributed by atoms with Crippen molar-refractivity contribution in [2.75, 3.05) is 0 Å². The Hall–Kier alpha value is -0.750. The van der Waals surface area contributed by atoms with Crippen LogP contribution >= 0.6 is 27.5 Å². The van der Waals surface area contributed by atoms with E-state index in [2.05, 4.69) is 30.3 Å². The SMILES string of the molecule is Cn1ccnc1-c1nsc(Br)n1. The summed E-state index contributed by atoms with van der Waals surface area (Å²) in [5, 5.41) is 0. The zero-order valence-electron chi connectivity index (χ0n) is 6.23. The van der Waals surface area contributed by atoms with Gasteiger partial charge in [-0.3, -0.25) is 0 Å². The number of rotatable bonds is 1. The number of aromatic nitrogens is 4. The van der Waals surface area contributed by atoms with Crippen molar-refractivity contribution in [3.05, 3.63) is 16.3 Å². The Morgan fingerprint density at radius 2 is 2.42 bits per heavy atom. The minimum Gasteiger partial charge on any atom is -0.331 e. The molecule has 0 unspecified atom stereocenters. The highest BCUT2D eigenvalue weighted by molar-refractivity contribution is 9.11. The minimum atomic E-state index is 0.666. The molecule has 0 N–H and O–H groups in total. The van der Waals surface area contributed by atoms with Crippen LogP contribution in [0, 0.1) is 0 Å². The number of hydrogen-bond donors (Lipinski definition) is 0. The van der Waals surface area contributed by atoms with Gasteiger partial charge in [0.05, 0.1) is 0 Å². The highest BCUT2D eigenvalue weighted by Gasteiger charge is 2.08. The Labute approximate surface area is 81.6 Å². The molecule has 2 aromatic heterocycles. The van der Waals surface area contributed by atoms with E-state index >= 15 is 0 Å². The summed E-state index contributed by atoms with van der Waals surface area (Å²) in [6.07, 6.45) is 3.59. The Morgan fingerprint density at radius 3 is 2.92 bits per heavy atom. The molecule has 62 valence electrons. The first-order chi connectivity index (χ1) is 5.77. The van der Waals surface area contributed by atoms with Crippen LogP contribution in [0.5, 0.6) is 0 Å². The van der Waals surface area contributed by atoms with Gasteiger partial charge in [0.1, 0.15) is 0 Å². The molecule has 0 radical (unpaired) electrons. The van der Waals surface area contributed by atoms with Gasteiger partial charge in [-0.1, -0.05) is 0 Å². The standard InChI is InChI=1S/C6H5BrN4S/c1-11-3-2-8-5(11)4-9-6(7)12-10-4/h2-3H,1H3. The third-order valence-electron chi connectivity index (χ3n) is 1.42. The van der Waals surface area contributed by atoms with Crippen molar-refractivity contribution in [1.82, 2.24) is 18.9 Å². The first-order valence-electron chi connectivity index (χ1n) is 3.24. The predicted octanol–water partition coefficient (Wildman–Crippen LogP) is 1.70. The van der Waals surface area contributed by atoms with Crippen LogP contribution in [0.3, 0.4) is 0 Å². The molecule has 0 aliphatic rings. The molecular formula is C6H5BrN4S. The lowest BCUT2D eigenvalue weighted by molar-refractivity contribution is 0.913. The summed E-state index contributed by atoms with van der Waals surface area (Å²) in [5.41, 5.74) is 0. The Morgan fingerprint density at radius 1 is 1.58 bits per heavy atom. The number of hydrogen-bond acceptors (Lipinski definition) is 4. The fourth-order valence-corrected chi connectivity index (χ4v) is 1.67. The van der Waals surface area contributed by atoms with Crippen molar-refractivity contribution in [3.63, 3.8) is 0 Å². The highest BCUT2D eigenvalue weighted by Crippen LogP contribution is 2.18. The second-order valence-corrected chi connectivity index (χ2v) is 4.26. The zero-order chi connectivity index (χ0) is 8.55. The van der Waals surface area contributed by atoms with Crippen molar-refractivity contribution < 1.29 is 0 Å².